The van der Waals surface area contributed by atoms with Gasteiger partial charge in [0.25, 0.3) is 0 Å². The second kappa shape index (κ2) is 5.07. The molecule has 0 saturated carbocycles. The Balaban J connectivity index is 1.98. The molecule has 1 saturated heterocycles. The van der Waals surface area contributed by atoms with Crippen LogP contribution in [0.15, 0.2) is 29.6 Å². The number of hydrogen-bond donors (Lipinski definition) is 1. The molecule has 1 atom stereocenters. The monoisotopic (exact) mass is 257 g/mol. The summed E-state index contributed by atoms with van der Waals surface area (Å²) in [5.74, 6) is 0. The quantitative estimate of drug-likeness (QED) is 0.897. The molecule has 1 aliphatic rings. The van der Waals surface area contributed by atoms with E-state index in [4.69, 9.17) is 0 Å². The second-order valence-electron chi connectivity index (χ2n) is 4.50. The maximum absolute atomic E-state index is 9.50. The Morgan fingerprint density at radius 1 is 1.28 bits per heavy atom. The van der Waals surface area contributed by atoms with Crippen LogP contribution in [0.4, 0.5) is 0 Å². The number of fused-ring (bicyclic) bond motifs is 1. The van der Waals surface area contributed by atoms with Gasteiger partial charge < -0.3 is 5.32 Å². The first-order valence-corrected chi connectivity index (χ1v) is 7.08. The topological polar surface area (TPSA) is 39.1 Å². The fraction of sp³-hybridized carbons (Fsp3) is 0.357. The first-order valence-electron chi connectivity index (χ1n) is 6.20. The Hall–Kier alpha value is -1.41. The highest BCUT2D eigenvalue weighted by atomic mass is 32.1. The van der Waals surface area contributed by atoms with Crippen molar-refractivity contribution in [2.45, 2.75) is 6.04 Å². The molecule has 0 bridgehead atoms. The van der Waals surface area contributed by atoms with Crippen molar-refractivity contribution < 1.29 is 0 Å². The van der Waals surface area contributed by atoms with Crippen LogP contribution in [0.1, 0.15) is 11.6 Å². The lowest BCUT2D eigenvalue weighted by Gasteiger charge is -2.30. The molecule has 0 amide bonds. The first-order chi connectivity index (χ1) is 8.90. The lowest BCUT2D eigenvalue weighted by molar-refractivity contribution is 0.208. The molecule has 1 aromatic heterocycles. The Morgan fingerprint density at radius 3 is 2.83 bits per heavy atom. The molecule has 92 valence electrons. The van der Waals surface area contributed by atoms with E-state index in [0.29, 0.717) is 0 Å². The summed E-state index contributed by atoms with van der Waals surface area (Å²) in [6.45, 7) is 3.84. The van der Waals surface area contributed by atoms with Gasteiger partial charge in [-0.05, 0) is 16.8 Å². The van der Waals surface area contributed by atoms with Gasteiger partial charge in [-0.1, -0.05) is 18.2 Å². The van der Waals surface area contributed by atoms with E-state index in [1.54, 1.807) is 11.3 Å². The minimum atomic E-state index is -0.108. The molecule has 1 aromatic carbocycles. The average Bonchev–Trinajstić information content (AvgIpc) is 2.85. The summed E-state index contributed by atoms with van der Waals surface area (Å²) >= 11 is 1.73. The maximum atomic E-state index is 9.50. The highest BCUT2D eigenvalue weighted by molar-refractivity contribution is 7.17. The van der Waals surface area contributed by atoms with Gasteiger partial charge in [-0.2, -0.15) is 5.26 Å². The number of rotatable bonds is 2. The van der Waals surface area contributed by atoms with Gasteiger partial charge in [0, 0.05) is 36.4 Å². The number of hydrogen-bond acceptors (Lipinski definition) is 4. The highest BCUT2D eigenvalue weighted by Gasteiger charge is 2.23. The van der Waals surface area contributed by atoms with Gasteiger partial charge in [0.2, 0.25) is 0 Å². The van der Waals surface area contributed by atoms with Crippen LogP contribution in [0, 0.1) is 11.3 Å². The summed E-state index contributed by atoms with van der Waals surface area (Å²) in [6, 6.07) is 10.7. The van der Waals surface area contributed by atoms with Crippen molar-refractivity contribution >= 4 is 21.4 Å². The van der Waals surface area contributed by atoms with E-state index in [1.807, 2.05) is 6.07 Å². The molecule has 1 N–H and O–H groups in total. The van der Waals surface area contributed by atoms with Crippen molar-refractivity contribution in [3.8, 4) is 6.07 Å². The number of benzene rings is 1. The Bertz CT molecular complexity index is 578. The lowest BCUT2D eigenvalue weighted by Crippen LogP contribution is -2.44. The number of nitriles is 1. The second-order valence-corrected chi connectivity index (χ2v) is 5.42. The molecule has 4 heteroatoms. The molecule has 1 aliphatic heterocycles. The Labute approximate surface area is 111 Å². The molecule has 0 spiro atoms. The molecule has 3 nitrogen and oxygen atoms in total. The number of nitrogens with one attached hydrogen (secondary N) is 1. The predicted octanol–water partition coefficient (Wildman–Crippen LogP) is 2.37. The third-order valence-electron chi connectivity index (χ3n) is 3.44. The van der Waals surface area contributed by atoms with Gasteiger partial charge in [-0.25, -0.2) is 0 Å². The van der Waals surface area contributed by atoms with Gasteiger partial charge in [-0.3, -0.25) is 4.90 Å². The molecule has 1 unspecified atom stereocenters. The minimum absolute atomic E-state index is 0.108. The van der Waals surface area contributed by atoms with Crippen LogP contribution in [0.3, 0.4) is 0 Å². The van der Waals surface area contributed by atoms with E-state index in [-0.39, 0.29) is 6.04 Å². The third kappa shape index (κ3) is 2.01. The van der Waals surface area contributed by atoms with Crippen molar-refractivity contribution in [3.63, 3.8) is 0 Å². The molecule has 0 aliphatic carbocycles. The normalized spacial score (nSPS) is 18.6. The smallest absolute Gasteiger partial charge is 0.125 e. The van der Waals surface area contributed by atoms with Crippen LogP contribution < -0.4 is 5.32 Å². The van der Waals surface area contributed by atoms with E-state index in [2.05, 4.69) is 39.9 Å². The van der Waals surface area contributed by atoms with Gasteiger partial charge in [0.15, 0.2) is 0 Å². The molecule has 2 aromatic rings. The lowest BCUT2D eigenvalue weighted by atomic mass is 10.0. The fourth-order valence-electron chi connectivity index (χ4n) is 2.50. The van der Waals surface area contributed by atoms with Crippen molar-refractivity contribution in [1.82, 2.24) is 10.2 Å². The Morgan fingerprint density at radius 2 is 2.06 bits per heavy atom. The van der Waals surface area contributed by atoms with E-state index in [1.165, 1.54) is 15.6 Å². The summed E-state index contributed by atoms with van der Waals surface area (Å²) in [7, 11) is 0. The Kier molecular flexibility index (Phi) is 3.28. The van der Waals surface area contributed by atoms with E-state index < -0.39 is 0 Å². The zero-order valence-electron chi connectivity index (χ0n) is 10.1. The van der Waals surface area contributed by atoms with Crippen LogP contribution in [0.2, 0.25) is 0 Å². The molecular weight excluding hydrogens is 242 g/mol. The van der Waals surface area contributed by atoms with Crippen LogP contribution in [0.25, 0.3) is 10.1 Å². The molecule has 18 heavy (non-hydrogen) atoms. The van der Waals surface area contributed by atoms with Crippen LogP contribution in [-0.4, -0.2) is 31.1 Å². The standard InChI is InChI=1S/C14H15N3S/c15-9-13(17-7-5-16-6-8-17)12-10-18-14-4-2-1-3-11(12)14/h1-4,10,13,16H,5-8H2. The van der Waals surface area contributed by atoms with Crippen LogP contribution in [-0.2, 0) is 0 Å². The average molecular weight is 257 g/mol. The summed E-state index contributed by atoms with van der Waals surface area (Å²) in [5.41, 5.74) is 1.17. The van der Waals surface area contributed by atoms with Crippen molar-refractivity contribution in [1.29, 1.82) is 5.26 Å². The molecular formula is C14H15N3S. The summed E-state index contributed by atoms with van der Waals surface area (Å²) < 4.78 is 1.27. The third-order valence-corrected chi connectivity index (χ3v) is 4.43. The van der Waals surface area contributed by atoms with Gasteiger partial charge >= 0.3 is 0 Å². The number of piperazine rings is 1. The number of thiophene rings is 1. The van der Waals surface area contributed by atoms with E-state index in [9.17, 15) is 5.26 Å². The predicted molar refractivity (Wildman–Crippen MR) is 74.6 cm³/mol. The molecule has 2 heterocycles. The van der Waals surface area contributed by atoms with Gasteiger partial charge in [0.1, 0.15) is 6.04 Å². The minimum Gasteiger partial charge on any atom is -0.314 e. The maximum Gasteiger partial charge on any atom is 0.125 e. The van der Waals surface area contributed by atoms with Crippen LogP contribution in [0.5, 0.6) is 0 Å². The van der Waals surface area contributed by atoms with Gasteiger partial charge in [0.05, 0.1) is 6.07 Å². The number of nitrogens with zero attached hydrogens (tertiary/aromatic N) is 2. The molecule has 0 radical (unpaired) electrons. The van der Waals surface area contributed by atoms with Gasteiger partial charge in [-0.15, -0.1) is 11.3 Å². The summed E-state index contributed by atoms with van der Waals surface area (Å²) in [4.78, 5) is 2.27. The van der Waals surface area contributed by atoms with Crippen LogP contribution >= 0.6 is 11.3 Å². The van der Waals surface area contributed by atoms with E-state index >= 15 is 0 Å². The fourth-order valence-corrected chi connectivity index (χ4v) is 3.48. The van der Waals surface area contributed by atoms with Crippen molar-refractivity contribution in [3.05, 3.63) is 35.2 Å². The summed E-state index contributed by atoms with van der Waals surface area (Å²) in [5, 5.41) is 16.2. The SMILES string of the molecule is N#CC(c1csc2ccccc12)N1CCNCC1. The zero-order chi connectivity index (χ0) is 12.4. The zero-order valence-corrected chi connectivity index (χ0v) is 10.9. The summed E-state index contributed by atoms with van der Waals surface area (Å²) in [6.07, 6.45) is 0. The first kappa shape index (κ1) is 11.7. The van der Waals surface area contributed by atoms with Crippen molar-refractivity contribution in [2.75, 3.05) is 26.2 Å². The largest absolute Gasteiger partial charge is 0.314 e. The molecule has 1 fully saturated rings. The highest BCUT2D eigenvalue weighted by Crippen LogP contribution is 2.32. The molecule has 3 rings (SSSR count). The van der Waals surface area contributed by atoms with Crippen molar-refractivity contribution in [2.24, 2.45) is 0 Å². The van der Waals surface area contributed by atoms with E-state index in [0.717, 1.165) is 26.2 Å².